The number of carbonyl (C=O) groups excluding carboxylic acids is 1. The Kier molecular flexibility index (Phi) is 6.27. The number of piperidine rings is 1. The van der Waals surface area contributed by atoms with Crippen LogP contribution in [-0.2, 0) is 10.0 Å². The summed E-state index contributed by atoms with van der Waals surface area (Å²) in [5.74, 6) is -1.27. The van der Waals surface area contributed by atoms with Gasteiger partial charge >= 0.3 is 0 Å². The van der Waals surface area contributed by atoms with Gasteiger partial charge in [-0.15, -0.1) is 0 Å². The average Bonchev–Trinajstić information content (AvgIpc) is 2.75. The molecule has 1 saturated heterocycles. The molecular weight excluding hydrogens is 397 g/mol. The van der Waals surface area contributed by atoms with Crippen molar-refractivity contribution in [1.29, 1.82) is 0 Å². The van der Waals surface area contributed by atoms with Gasteiger partial charge in [0.15, 0.2) is 0 Å². The number of sulfonamides is 1. The Bertz CT molecular complexity index is 1070. The van der Waals surface area contributed by atoms with E-state index in [1.54, 1.807) is 0 Å². The van der Waals surface area contributed by atoms with Gasteiger partial charge in [-0.25, -0.2) is 17.7 Å². The van der Waals surface area contributed by atoms with Gasteiger partial charge in [-0.3, -0.25) is 4.79 Å². The first kappa shape index (κ1) is 20.9. The summed E-state index contributed by atoms with van der Waals surface area (Å²) >= 11 is 0. The minimum absolute atomic E-state index is 0.0357. The Morgan fingerprint density at radius 2 is 2.07 bits per heavy atom. The van der Waals surface area contributed by atoms with Crippen molar-refractivity contribution < 1.29 is 22.7 Å². The Hall–Kier alpha value is -2.80. The smallest absolute Gasteiger partial charge is 0.255 e. The standard InChI is InChI=1S/C20H20FN3O4S/c1-22-19-12-15(8-9-18(19)21)23-20(26)14-5-4-7-17(11-14)29(27,28)24-10-3-2-6-16(24)13-25/h4-5,7-9,11-12,16,25H,2-3,6,10,13H2,(H,23,26). The molecule has 2 aromatic carbocycles. The maximum absolute atomic E-state index is 13.4. The molecule has 1 atom stereocenters. The van der Waals surface area contributed by atoms with E-state index in [0.717, 1.165) is 12.5 Å². The van der Waals surface area contributed by atoms with Crippen LogP contribution in [0.3, 0.4) is 0 Å². The van der Waals surface area contributed by atoms with E-state index in [1.807, 2.05) is 0 Å². The lowest BCUT2D eigenvalue weighted by Crippen LogP contribution is -2.45. The number of aliphatic hydroxyl groups excluding tert-OH is 1. The third kappa shape index (κ3) is 4.45. The summed E-state index contributed by atoms with van der Waals surface area (Å²) in [6.45, 7) is 7.00. The summed E-state index contributed by atoms with van der Waals surface area (Å²) in [5.41, 5.74) is 0.114. The maximum atomic E-state index is 13.4. The minimum Gasteiger partial charge on any atom is -0.395 e. The topological polar surface area (TPSA) is 91.1 Å². The van der Waals surface area contributed by atoms with Crippen LogP contribution in [0.25, 0.3) is 4.85 Å². The molecule has 3 rings (SSSR count). The van der Waals surface area contributed by atoms with Crippen molar-refractivity contribution in [1.82, 2.24) is 4.31 Å². The second-order valence-electron chi connectivity index (χ2n) is 6.71. The Morgan fingerprint density at radius 1 is 1.28 bits per heavy atom. The number of benzene rings is 2. The van der Waals surface area contributed by atoms with Crippen molar-refractivity contribution in [2.45, 2.75) is 30.2 Å². The minimum atomic E-state index is -3.86. The fourth-order valence-electron chi connectivity index (χ4n) is 3.29. The molecule has 0 radical (unpaired) electrons. The van der Waals surface area contributed by atoms with Crippen molar-refractivity contribution in [2.75, 3.05) is 18.5 Å². The average molecular weight is 417 g/mol. The zero-order valence-electron chi connectivity index (χ0n) is 15.5. The molecule has 0 bridgehead atoms. The number of halogens is 1. The number of rotatable bonds is 5. The number of hydrogen-bond donors (Lipinski definition) is 2. The number of amides is 1. The first-order valence-electron chi connectivity index (χ1n) is 9.08. The second-order valence-corrected chi connectivity index (χ2v) is 8.60. The highest BCUT2D eigenvalue weighted by Gasteiger charge is 2.33. The molecule has 29 heavy (non-hydrogen) atoms. The number of nitrogens with zero attached hydrogens (tertiary/aromatic N) is 2. The van der Waals surface area contributed by atoms with Crippen LogP contribution >= 0.6 is 0 Å². The predicted octanol–water partition coefficient (Wildman–Crippen LogP) is 3.16. The third-order valence-corrected chi connectivity index (χ3v) is 6.76. The lowest BCUT2D eigenvalue weighted by Gasteiger charge is -2.33. The third-order valence-electron chi connectivity index (χ3n) is 4.81. The predicted molar refractivity (Wildman–Crippen MR) is 106 cm³/mol. The molecule has 1 aliphatic heterocycles. The zero-order valence-corrected chi connectivity index (χ0v) is 16.3. The molecule has 0 saturated carbocycles. The summed E-state index contributed by atoms with van der Waals surface area (Å²) in [7, 11) is -3.86. The van der Waals surface area contributed by atoms with Crippen molar-refractivity contribution in [2.24, 2.45) is 0 Å². The van der Waals surface area contributed by atoms with Crippen molar-refractivity contribution in [3.8, 4) is 0 Å². The molecule has 1 aliphatic rings. The molecule has 0 aliphatic carbocycles. The molecule has 152 valence electrons. The maximum Gasteiger partial charge on any atom is 0.255 e. The Labute approximate surface area is 168 Å². The van der Waals surface area contributed by atoms with E-state index < -0.39 is 27.8 Å². The normalized spacial score (nSPS) is 17.5. The summed E-state index contributed by atoms with van der Waals surface area (Å²) in [6.07, 6.45) is 2.15. The molecular formula is C20H20FN3O4S. The molecule has 9 heteroatoms. The van der Waals surface area contributed by atoms with Gasteiger partial charge in [0.1, 0.15) is 5.82 Å². The highest BCUT2D eigenvalue weighted by molar-refractivity contribution is 7.89. The quantitative estimate of drug-likeness (QED) is 0.731. The Morgan fingerprint density at radius 3 is 2.79 bits per heavy atom. The van der Waals surface area contributed by atoms with Gasteiger partial charge < -0.3 is 10.4 Å². The molecule has 2 N–H and O–H groups in total. The molecule has 1 fully saturated rings. The molecule has 7 nitrogen and oxygen atoms in total. The van der Waals surface area contributed by atoms with E-state index in [0.29, 0.717) is 19.4 Å². The van der Waals surface area contributed by atoms with E-state index in [1.165, 1.54) is 40.7 Å². The number of hydrogen-bond acceptors (Lipinski definition) is 4. The van der Waals surface area contributed by atoms with Crippen LogP contribution in [-0.4, -0.2) is 42.9 Å². The SMILES string of the molecule is [C-]#[N+]c1cc(NC(=O)c2cccc(S(=O)(=O)N3CCCCC3CO)c2)ccc1F. The highest BCUT2D eigenvalue weighted by atomic mass is 32.2. The Balaban J connectivity index is 1.85. The molecule has 0 spiro atoms. The van der Waals surface area contributed by atoms with Crippen molar-refractivity contribution in [3.63, 3.8) is 0 Å². The van der Waals surface area contributed by atoms with E-state index in [-0.39, 0.29) is 28.4 Å². The first-order valence-corrected chi connectivity index (χ1v) is 10.5. The van der Waals surface area contributed by atoms with E-state index in [2.05, 4.69) is 10.2 Å². The molecule has 1 unspecified atom stereocenters. The fourth-order valence-corrected chi connectivity index (χ4v) is 5.02. The number of anilines is 1. The first-order chi connectivity index (χ1) is 13.9. The van der Waals surface area contributed by atoms with E-state index in [9.17, 15) is 22.7 Å². The fraction of sp³-hybridized carbons (Fsp3) is 0.300. The summed E-state index contributed by atoms with van der Waals surface area (Å²) in [5, 5.41) is 12.1. The number of carbonyl (C=O) groups is 1. The molecule has 1 heterocycles. The number of nitrogens with one attached hydrogen (secondary N) is 1. The number of aliphatic hydroxyl groups is 1. The lowest BCUT2D eigenvalue weighted by atomic mass is 10.1. The van der Waals surface area contributed by atoms with Crippen molar-refractivity contribution in [3.05, 3.63) is 65.3 Å². The van der Waals surface area contributed by atoms with Gasteiger partial charge in [0.25, 0.3) is 5.91 Å². The molecule has 1 amide bonds. The largest absolute Gasteiger partial charge is 0.395 e. The van der Waals surface area contributed by atoms with Crippen molar-refractivity contribution >= 4 is 27.3 Å². The van der Waals surface area contributed by atoms with Crippen LogP contribution in [0.15, 0.2) is 47.4 Å². The van der Waals surface area contributed by atoms with Gasteiger partial charge in [-0.05, 0) is 49.2 Å². The summed E-state index contributed by atoms with van der Waals surface area (Å²) in [4.78, 5) is 15.6. The van der Waals surface area contributed by atoms with Crippen LogP contribution in [0.2, 0.25) is 0 Å². The van der Waals surface area contributed by atoms with Crippen LogP contribution in [0, 0.1) is 12.4 Å². The van der Waals surface area contributed by atoms with E-state index in [4.69, 9.17) is 6.57 Å². The monoisotopic (exact) mass is 417 g/mol. The van der Waals surface area contributed by atoms with Crippen LogP contribution in [0.5, 0.6) is 0 Å². The lowest BCUT2D eigenvalue weighted by molar-refractivity contribution is 0.102. The van der Waals surface area contributed by atoms with Gasteiger partial charge in [0.2, 0.25) is 15.7 Å². The van der Waals surface area contributed by atoms with E-state index >= 15 is 0 Å². The second kappa shape index (κ2) is 8.69. The van der Waals surface area contributed by atoms with Gasteiger partial charge in [-0.1, -0.05) is 12.5 Å². The molecule has 0 aromatic heterocycles. The summed E-state index contributed by atoms with van der Waals surface area (Å²) < 4.78 is 40.8. The summed E-state index contributed by atoms with van der Waals surface area (Å²) in [6, 6.07) is 8.74. The molecule has 2 aromatic rings. The van der Waals surface area contributed by atoms with Crippen LogP contribution in [0.1, 0.15) is 29.6 Å². The van der Waals surface area contributed by atoms with Crippen LogP contribution in [0.4, 0.5) is 15.8 Å². The zero-order chi connectivity index (χ0) is 21.0. The highest BCUT2D eigenvalue weighted by Crippen LogP contribution is 2.26. The van der Waals surface area contributed by atoms with Gasteiger partial charge in [0, 0.05) is 23.8 Å². The van der Waals surface area contributed by atoms with Gasteiger partial charge in [0.05, 0.1) is 18.1 Å². The van der Waals surface area contributed by atoms with Crippen LogP contribution < -0.4 is 5.32 Å². The van der Waals surface area contributed by atoms with Gasteiger partial charge in [-0.2, -0.15) is 4.31 Å².